The maximum atomic E-state index is 12.3. The van der Waals surface area contributed by atoms with Crippen LogP contribution in [-0.4, -0.2) is 23.7 Å². The number of ether oxygens (including phenoxy) is 2. The van der Waals surface area contributed by atoms with Crippen molar-refractivity contribution in [1.29, 1.82) is 0 Å². The third kappa shape index (κ3) is 3.22. The van der Waals surface area contributed by atoms with Gasteiger partial charge >= 0.3 is 5.91 Å². The minimum Gasteiger partial charge on any atom is -0.494 e. The average molecular weight is 330 g/mol. The molecule has 6 heteroatoms. The molecular formula is C17H18N2O3S. The molecule has 1 amide bonds. The van der Waals surface area contributed by atoms with Crippen molar-refractivity contribution in [3.8, 4) is 0 Å². The van der Waals surface area contributed by atoms with E-state index in [2.05, 4.69) is 36.7 Å². The standard InChI is InChI=1S/C17H18N2O3S/c1-3-7-19-13-6-5-12(4-2)10-15(13)23-17(19)18-16(20)14-11-21-8-9-22-14/h3,5-6,10-11H,1,4,7-9H2,2H3. The molecule has 1 aromatic carbocycles. The van der Waals surface area contributed by atoms with Crippen LogP contribution >= 0.6 is 11.3 Å². The Balaban J connectivity index is 2.09. The van der Waals surface area contributed by atoms with E-state index in [0.29, 0.717) is 24.6 Å². The number of carbonyl (C=O) groups excluding carboxylic acids is 1. The summed E-state index contributed by atoms with van der Waals surface area (Å²) in [6.45, 7) is 7.32. The van der Waals surface area contributed by atoms with Gasteiger partial charge in [-0.05, 0) is 24.1 Å². The Morgan fingerprint density at radius 2 is 2.35 bits per heavy atom. The highest BCUT2D eigenvalue weighted by molar-refractivity contribution is 7.16. The van der Waals surface area contributed by atoms with Crippen LogP contribution in [0.15, 0.2) is 47.9 Å². The number of thiazole rings is 1. The lowest BCUT2D eigenvalue weighted by molar-refractivity contribution is -0.119. The Bertz CT molecular complexity index is 845. The fraction of sp³-hybridized carbons (Fsp3) is 0.294. The molecule has 2 heterocycles. The molecule has 0 saturated carbocycles. The van der Waals surface area contributed by atoms with Gasteiger partial charge in [-0.3, -0.25) is 4.79 Å². The van der Waals surface area contributed by atoms with E-state index in [9.17, 15) is 4.79 Å². The van der Waals surface area contributed by atoms with Crippen LogP contribution in [0.25, 0.3) is 10.2 Å². The van der Waals surface area contributed by atoms with Crippen molar-refractivity contribution in [2.45, 2.75) is 19.9 Å². The first-order valence-electron chi connectivity index (χ1n) is 7.49. The minimum atomic E-state index is -0.426. The zero-order valence-electron chi connectivity index (χ0n) is 12.9. The SMILES string of the molecule is C=CCn1c(=NC(=O)C2=COCCO2)sc2cc(CC)ccc21. The van der Waals surface area contributed by atoms with E-state index in [1.807, 2.05) is 4.57 Å². The molecule has 0 N–H and O–H groups in total. The summed E-state index contributed by atoms with van der Waals surface area (Å²) in [6, 6.07) is 6.31. The molecule has 3 rings (SSSR count). The molecule has 0 aliphatic carbocycles. The molecule has 0 spiro atoms. The lowest BCUT2D eigenvalue weighted by Gasteiger charge is -2.12. The third-order valence-corrected chi connectivity index (χ3v) is 4.57. The van der Waals surface area contributed by atoms with Crippen LogP contribution < -0.4 is 4.80 Å². The molecule has 5 nitrogen and oxygen atoms in total. The number of hydrogen-bond donors (Lipinski definition) is 0. The van der Waals surface area contributed by atoms with E-state index in [0.717, 1.165) is 16.6 Å². The number of nitrogens with zero attached hydrogens (tertiary/aromatic N) is 2. The molecule has 120 valence electrons. The number of rotatable bonds is 4. The van der Waals surface area contributed by atoms with Gasteiger partial charge in [-0.15, -0.1) is 6.58 Å². The Morgan fingerprint density at radius 1 is 1.48 bits per heavy atom. The van der Waals surface area contributed by atoms with Crippen LogP contribution in [0.4, 0.5) is 0 Å². The van der Waals surface area contributed by atoms with Crippen molar-refractivity contribution in [1.82, 2.24) is 4.57 Å². The lowest BCUT2D eigenvalue weighted by atomic mass is 10.2. The topological polar surface area (TPSA) is 52.8 Å². The van der Waals surface area contributed by atoms with Gasteiger partial charge in [0.1, 0.15) is 19.5 Å². The predicted molar refractivity (Wildman–Crippen MR) is 89.9 cm³/mol. The van der Waals surface area contributed by atoms with Gasteiger partial charge in [0.15, 0.2) is 4.80 Å². The monoisotopic (exact) mass is 330 g/mol. The largest absolute Gasteiger partial charge is 0.494 e. The molecule has 0 radical (unpaired) electrons. The van der Waals surface area contributed by atoms with Crippen LogP contribution in [-0.2, 0) is 27.2 Å². The molecule has 0 atom stereocenters. The molecule has 2 aromatic rings. The van der Waals surface area contributed by atoms with E-state index >= 15 is 0 Å². The van der Waals surface area contributed by atoms with Crippen LogP contribution in [0.1, 0.15) is 12.5 Å². The number of carbonyl (C=O) groups is 1. The van der Waals surface area contributed by atoms with Crippen molar-refractivity contribution in [3.63, 3.8) is 0 Å². The van der Waals surface area contributed by atoms with E-state index in [1.54, 1.807) is 6.08 Å². The molecule has 0 saturated heterocycles. The van der Waals surface area contributed by atoms with E-state index in [1.165, 1.54) is 23.2 Å². The molecule has 1 aliphatic heterocycles. The number of benzene rings is 1. The first-order chi connectivity index (χ1) is 11.2. The number of hydrogen-bond acceptors (Lipinski definition) is 4. The van der Waals surface area contributed by atoms with Gasteiger partial charge in [0.25, 0.3) is 0 Å². The number of allylic oxidation sites excluding steroid dienone is 1. The highest BCUT2D eigenvalue weighted by Crippen LogP contribution is 2.20. The number of fused-ring (bicyclic) bond motifs is 1. The van der Waals surface area contributed by atoms with Crippen molar-refractivity contribution in [2.75, 3.05) is 13.2 Å². The van der Waals surface area contributed by atoms with Crippen molar-refractivity contribution < 1.29 is 14.3 Å². The molecular weight excluding hydrogens is 312 g/mol. The van der Waals surface area contributed by atoms with Crippen LogP contribution in [0, 0.1) is 0 Å². The van der Waals surface area contributed by atoms with Crippen LogP contribution in [0.5, 0.6) is 0 Å². The summed E-state index contributed by atoms with van der Waals surface area (Å²) in [5, 5.41) is 0. The van der Waals surface area contributed by atoms with Gasteiger partial charge in [-0.25, -0.2) is 0 Å². The van der Waals surface area contributed by atoms with Crippen molar-refractivity contribution in [3.05, 3.63) is 53.2 Å². The first kappa shape index (κ1) is 15.6. The average Bonchev–Trinajstić information content (AvgIpc) is 2.92. The predicted octanol–water partition coefficient (Wildman–Crippen LogP) is 2.77. The van der Waals surface area contributed by atoms with Crippen molar-refractivity contribution >= 4 is 27.5 Å². The summed E-state index contributed by atoms with van der Waals surface area (Å²) < 4.78 is 13.5. The Hall–Kier alpha value is -2.34. The normalized spacial score (nSPS) is 15.0. The molecule has 0 bridgehead atoms. The molecule has 23 heavy (non-hydrogen) atoms. The van der Waals surface area contributed by atoms with Crippen LogP contribution in [0.2, 0.25) is 0 Å². The summed E-state index contributed by atoms with van der Waals surface area (Å²) in [4.78, 5) is 17.1. The Morgan fingerprint density at radius 3 is 3.04 bits per heavy atom. The van der Waals surface area contributed by atoms with Gasteiger partial charge in [0.2, 0.25) is 5.76 Å². The van der Waals surface area contributed by atoms with Gasteiger partial charge < -0.3 is 14.0 Å². The maximum Gasteiger partial charge on any atom is 0.317 e. The zero-order valence-corrected chi connectivity index (χ0v) is 13.8. The van der Waals surface area contributed by atoms with E-state index in [4.69, 9.17) is 9.47 Å². The number of aryl methyl sites for hydroxylation is 1. The molecule has 1 aliphatic rings. The highest BCUT2D eigenvalue weighted by Gasteiger charge is 2.15. The third-order valence-electron chi connectivity index (χ3n) is 3.52. The van der Waals surface area contributed by atoms with Gasteiger partial charge in [0.05, 0.1) is 10.2 Å². The second-order valence-electron chi connectivity index (χ2n) is 5.06. The minimum absolute atomic E-state index is 0.146. The summed E-state index contributed by atoms with van der Waals surface area (Å²) in [5.74, 6) is -0.280. The summed E-state index contributed by atoms with van der Waals surface area (Å²) in [7, 11) is 0. The van der Waals surface area contributed by atoms with Crippen LogP contribution in [0.3, 0.4) is 0 Å². The quantitative estimate of drug-likeness (QED) is 0.810. The van der Waals surface area contributed by atoms with Gasteiger partial charge in [-0.2, -0.15) is 4.99 Å². The summed E-state index contributed by atoms with van der Waals surface area (Å²) in [5.41, 5.74) is 2.31. The van der Waals surface area contributed by atoms with Crippen molar-refractivity contribution in [2.24, 2.45) is 4.99 Å². The Labute approximate surface area is 138 Å². The van der Waals surface area contributed by atoms with Gasteiger partial charge in [-0.1, -0.05) is 30.4 Å². The lowest BCUT2D eigenvalue weighted by Crippen LogP contribution is -2.19. The molecule has 0 fully saturated rings. The smallest absolute Gasteiger partial charge is 0.317 e. The second kappa shape index (κ2) is 6.83. The molecule has 1 aromatic heterocycles. The van der Waals surface area contributed by atoms with E-state index < -0.39 is 5.91 Å². The first-order valence-corrected chi connectivity index (χ1v) is 8.31. The Kier molecular flexibility index (Phi) is 4.62. The highest BCUT2D eigenvalue weighted by atomic mass is 32.1. The maximum absolute atomic E-state index is 12.3. The zero-order chi connectivity index (χ0) is 16.2. The van der Waals surface area contributed by atoms with Gasteiger partial charge in [0, 0.05) is 6.54 Å². The fourth-order valence-corrected chi connectivity index (χ4v) is 3.45. The molecule has 0 unspecified atom stereocenters. The summed E-state index contributed by atoms with van der Waals surface area (Å²) >= 11 is 1.49. The second-order valence-corrected chi connectivity index (χ2v) is 6.07. The summed E-state index contributed by atoms with van der Waals surface area (Å²) in [6.07, 6.45) is 4.09. The fourth-order valence-electron chi connectivity index (χ4n) is 2.35. The number of amides is 1. The van der Waals surface area contributed by atoms with E-state index in [-0.39, 0.29) is 5.76 Å². The number of aromatic nitrogens is 1.